The van der Waals surface area contributed by atoms with Gasteiger partial charge in [0.1, 0.15) is 16.6 Å². The van der Waals surface area contributed by atoms with Gasteiger partial charge in [-0.3, -0.25) is 14.3 Å². The molecule has 0 bridgehead atoms. The molecule has 0 aliphatic heterocycles. The average molecular weight is 492 g/mol. The normalized spacial score (nSPS) is 10.7. The molecule has 0 aliphatic carbocycles. The predicted molar refractivity (Wildman–Crippen MR) is 130 cm³/mol. The second kappa shape index (κ2) is 10.3. The summed E-state index contributed by atoms with van der Waals surface area (Å²) in [6.07, 6.45) is 2.87. The molecule has 0 unspecified atom stereocenters. The number of nitrogens with zero attached hydrogens (tertiary/aromatic N) is 4. The van der Waals surface area contributed by atoms with Gasteiger partial charge >= 0.3 is 0 Å². The van der Waals surface area contributed by atoms with Gasteiger partial charge in [-0.2, -0.15) is 10.2 Å². The van der Waals surface area contributed by atoms with Crippen LogP contribution in [0.4, 0.5) is 10.1 Å². The molecule has 2 aromatic heterocycles. The van der Waals surface area contributed by atoms with E-state index in [0.29, 0.717) is 22.7 Å². The summed E-state index contributed by atoms with van der Waals surface area (Å²) < 4.78 is 20.4. The van der Waals surface area contributed by atoms with E-state index in [1.165, 1.54) is 41.2 Å². The Balaban J connectivity index is 1.58. The zero-order valence-corrected chi connectivity index (χ0v) is 19.1. The van der Waals surface area contributed by atoms with E-state index in [1.807, 2.05) is 0 Å². The van der Waals surface area contributed by atoms with Crippen LogP contribution in [0.2, 0.25) is 5.02 Å². The summed E-state index contributed by atoms with van der Waals surface area (Å²) in [5, 5.41) is 12.4. The first-order valence-corrected chi connectivity index (χ1v) is 10.8. The third-order valence-electron chi connectivity index (χ3n) is 4.95. The molecule has 2 heterocycles. The molecule has 10 heteroatoms. The van der Waals surface area contributed by atoms with Crippen LogP contribution in [0.3, 0.4) is 0 Å². The molecule has 0 saturated heterocycles. The molecule has 176 valence electrons. The van der Waals surface area contributed by atoms with Crippen molar-refractivity contribution < 1.29 is 13.9 Å². The highest BCUT2D eigenvalue weighted by Crippen LogP contribution is 2.32. The van der Waals surface area contributed by atoms with Gasteiger partial charge in [-0.15, -0.1) is 11.7 Å². The Kier molecular flexibility index (Phi) is 6.98. The minimum absolute atomic E-state index is 0.151. The van der Waals surface area contributed by atoms with Crippen molar-refractivity contribution in [1.82, 2.24) is 20.0 Å². The number of aromatic nitrogens is 4. The monoisotopic (exact) mass is 491 g/mol. The number of Topliss-reactive ketones (excluding diaryl/α,β-unsaturated/α-hetero) is 1. The Bertz CT molecular complexity index is 1450. The summed E-state index contributed by atoms with van der Waals surface area (Å²) in [5.74, 6) is -0.513. The van der Waals surface area contributed by atoms with Gasteiger partial charge in [0.15, 0.2) is 11.5 Å². The summed E-state index contributed by atoms with van der Waals surface area (Å²) in [4.78, 5) is 26.1. The number of ketones is 1. The highest BCUT2D eigenvalue weighted by atomic mass is 35.5. The van der Waals surface area contributed by atoms with Crippen LogP contribution >= 0.6 is 11.6 Å². The van der Waals surface area contributed by atoms with Gasteiger partial charge in [0.2, 0.25) is 11.3 Å². The van der Waals surface area contributed by atoms with Crippen LogP contribution < -0.4 is 15.9 Å². The standard InChI is InChI=1S/C25H19ClFN5O3/c1-2-12-32-14-18(15-6-8-16(27)9-7-15)25(34)24(31-32)20(33)13-17-10-11-22(30-29-17)35-21-5-3-4-19(28)23(21)26/h2-11,14H,1,12-13,28H2. The third kappa shape index (κ3) is 5.42. The summed E-state index contributed by atoms with van der Waals surface area (Å²) in [6.45, 7) is 3.94. The fraction of sp³-hybridized carbons (Fsp3) is 0.0800. The molecule has 0 fully saturated rings. The first-order chi connectivity index (χ1) is 16.9. The highest BCUT2D eigenvalue weighted by molar-refractivity contribution is 6.34. The van der Waals surface area contributed by atoms with Crippen LogP contribution in [0.5, 0.6) is 11.6 Å². The van der Waals surface area contributed by atoms with Crippen molar-refractivity contribution in [2.45, 2.75) is 13.0 Å². The van der Waals surface area contributed by atoms with Crippen LogP contribution in [0.15, 0.2) is 78.2 Å². The summed E-state index contributed by atoms with van der Waals surface area (Å²) in [6, 6.07) is 13.4. The molecule has 35 heavy (non-hydrogen) atoms. The van der Waals surface area contributed by atoms with E-state index in [1.54, 1.807) is 30.3 Å². The lowest BCUT2D eigenvalue weighted by molar-refractivity contribution is 0.0983. The lowest BCUT2D eigenvalue weighted by atomic mass is 10.0. The van der Waals surface area contributed by atoms with Gasteiger partial charge in [-0.1, -0.05) is 35.9 Å². The number of halogens is 2. The molecule has 0 aliphatic rings. The number of nitrogen functional groups attached to an aromatic ring is 1. The largest absolute Gasteiger partial charge is 0.436 e. The summed E-state index contributed by atoms with van der Waals surface area (Å²) >= 11 is 6.12. The van der Waals surface area contributed by atoms with Gasteiger partial charge in [-0.25, -0.2) is 4.39 Å². The number of carbonyl (C=O) groups is 1. The van der Waals surface area contributed by atoms with Gasteiger partial charge < -0.3 is 10.5 Å². The first-order valence-electron chi connectivity index (χ1n) is 10.4. The minimum atomic E-state index is -0.564. The average Bonchev–Trinajstić information content (AvgIpc) is 2.85. The minimum Gasteiger partial charge on any atom is -0.436 e. The zero-order chi connectivity index (χ0) is 24.9. The van der Waals surface area contributed by atoms with E-state index in [4.69, 9.17) is 22.1 Å². The Morgan fingerprint density at radius 1 is 1.14 bits per heavy atom. The quantitative estimate of drug-likeness (QED) is 0.219. The second-order valence-electron chi connectivity index (χ2n) is 7.46. The molecule has 0 amide bonds. The molecule has 8 nitrogen and oxygen atoms in total. The van der Waals surface area contributed by atoms with E-state index in [0.717, 1.165) is 0 Å². The Hall–Kier alpha value is -4.37. The number of carbonyl (C=O) groups excluding carboxylic acids is 1. The molecule has 2 N–H and O–H groups in total. The SMILES string of the molecule is C=CCn1cc(-c2ccc(F)cc2)c(=O)c(C(=O)Cc2ccc(Oc3cccc(N)c3Cl)nn2)n1. The molecule has 0 saturated carbocycles. The fourth-order valence-electron chi connectivity index (χ4n) is 3.25. The maximum absolute atomic E-state index is 13.3. The second-order valence-corrected chi connectivity index (χ2v) is 7.84. The van der Waals surface area contributed by atoms with E-state index < -0.39 is 17.0 Å². The van der Waals surface area contributed by atoms with Gasteiger partial charge in [0, 0.05) is 17.8 Å². The van der Waals surface area contributed by atoms with Crippen LogP contribution in [0, 0.1) is 5.82 Å². The van der Waals surface area contributed by atoms with E-state index in [2.05, 4.69) is 21.9 Å². The molecule has 0 atom stereocenters. The van der Waals surface area contributed by atoms with Crippen LogP contribution in [-0.2, 0) is 13.0 Å². The third-order valence-corrected chi connectivity index (χ3v) is 5.35. The summed E-state index contributed by atoms with van der Waals surface area (Å²) in [7, 11) is 0. The van der Waals surface area contributed by atoms with Crippen LogP contribution in [0.25, 0.3) is 11.1 Å². The van der Waals surface area contributed by atoms with Gasteiger partial charge in [0.05, 0.1) is 24.3 Å². The van der Waals surface area contributed by atoms with Crippen molar-refractivity contribution in [2.24, 2.45) is 0 Å². The maximum Gasteiger partial charge on any atom is 0.238 e. The number of rotatable bonds is 8. The molecule has 0 radical (unpaired) electrons. The molecular formula is C25H19ClFN5O3. The lowest BCUT2D eigenvalue weighted by Crippen LogP contribution is -2.25. The van der Waals surface area contributed by atoms with Gasteiger partial charge in [0.25, 0.3) is 0 Å². The number of hydrogen-bond donors (Lipinski definition) is 1. The number of allylic oxidation sites excluding steroid dienone is 1. The number of hydrogen-bond acceptors (Lipinski definition) is 7. The highest BCUT2D eigenvalue weighted by Gasteiger charge is 2.19. The fourth-order valence-corrected chi connectivity index (χ4v) is 3.41. The predicted octanol–water partition coefficient (Wildman–Crippen LogP) is 4.48. The summed E-state index contributed by atoms with van der Waals surface area (Å²) in [5.41, 5.74) is 6.29. The van der Waals surface area contributed by atoms with E-state index >= 15 is 0 Å². The van der Waals surface area contributed by atoms with Crippen molar-refractivity contribution >= 4 is 23.1 Å². The lowest BCUT2D eigenvalue weighted by Gasteiger charge is -2.10. The molecule has 2 aromatic carbocycles. The topological polar surface area (TPSA) is 113 Å². The molecule has 4 aromatic rings. The Morgan fingerprint density at radius 2 is 1.91 bits per heavy atom. The van der Waals surface area contributed by atoms with Crippen molar-refractivity contribution in [3.05, 3.63) is 106 Å². The van der Waals surface area contributed by atoms with E-state index in [-0.39, 0.29) is 35.1 Å². The van der Waals surface area contributed by atoms with Crippen molar-refractivity contribution in [3.63, 3.8) is 0 Å². The van der Waals surface area contributed by atoms with E-state index in [9.17, 15) is 14.0 Å². The maximum atomic E-state index is 13.3. The first kappa shape index (κ1) is 23.8. The smallest absolute Gasteiger partial charge is 0.238 e. The van der Waals surface area contributed by atoms with Crippen molar-refractivity contribution in [2.75, 3.05) is 5.73 Å². The number of anilines is 1. The van der Waals surface area contributed by atoms with Crippen molar-refractivity contribution in [1.29, 1.82) is 0 Å². The molecule has 4 rings (SSSR count). The number of benzene rings is 2. The number of ether oxygens (including phenoxy) is 1. The Morgan fingerprint density at radius 3 is 2.60 bits per heavy atom. The van der Waals surface area contributed by atoms with Crippen molar-refractivity contribution in [3.8, 4) is 22.8 Å². The zero-order valence-electron chi connectivity index (χ0n) is 18.3. The van der Waals surface area contributed by atoms with Crippen LogP contribution in [0.1, 0.15) is 16.2 Å². The Labute approximate surface area is 204 Å². The molecular weight excluding hydrogens is 473 g/mol. The van der Waals surface area contributed by atoms with Crippen LogP contribution in [-0.4, -0.2) is 25.8 Å². The molecule has 0 spiro atoms. The van der Waals surface area contributed by atoms with Gasteiger partial charge in [-0.05, 0) is 35.9 Å². The number of nitrogens with two attached hydrogens (primary N) is 1.